The molecule has 1 aliphatic heterocycles. The van der Waals surface area contributed by atoms with Gasteiger partial charge in [-0.3, -0.25) is 4.84 Å². The molecular formula is C7H8ClNO3S2. The van der Waals surface area contributed by atoms with Crippen molar-refractivity contribution < 1.29 is 13.3 Å². The normalized spacial score (nSPS) is 18.9. The number of sulfonamides is 1. The third-order valence-electron chi connectivity index (χ3n) is 1.79. The molecule has 0 bridgehead atoms. The average Bonchev–Trinajstić information content (AvgIpc) is 2.72. The highest BCUT2D eigenvalue weighted by Gasteiger charge is 2.29. The largest absolute Gasteiger partial charge is 0.284 e. The Kier molecular flexibility index (Phi) is 2.81. The molecule has 0 amide bonds. The quantitative estimate of drug-likeness (QED) is 0.806. The van der Waals surface area contributed by atoms with E-state index < -0.39 is 10.0 Å². The van der Waals surface area contributed by atoms with Gasteiger partial charge in [0, 0.05) is 6.54 Å². The van der Waals surface area contributed by atoms with Crippen molar-refractivity contribution in [2.45, 2.75) is 10.6 Å². The monoisotopic (exact) mass is 253 g/mol. The van der Waals surface area contributed by atoms with E-state index in [-0.39, 0.29) is 4.21 Å². The van der Waals surface area contributed by atoms with E-state index >= 15 is 0 Å². The first-order valence-corrected chi connectivity index (χ1v) is 6.65. The first-order chi connectivity index (χ1) is 6.60. The summed E-state index contributed by atoms with van der Waals surface area (Å²) in [5, 5.41) is 0. The summed E-state index contributed by atoms with van der Waals surface area (Å²) in [6, 6.07) is 3.05. The van der Waals surface area contributed by atoms with Crippen LogP contribution in [-0.4, -0.2) is 26.0 Å². The molecule has 1 aromatic heterocycles. The first kappa shape index (κ1) is 10.4. The summed E-state index contributed by atoms with van der Waals surface area (Å²) in [4.78, 5) is 4.99. The van der Waals surface area contributed by atoms with Crippen molar-refractivity contribution in [3.05, 3.63) is 16.5 Å². The van der Waals surface area contributed by atoms with Crippen LogP contribution in [0.1, 0.15) is 6.42 Å². The van der Waals surface area contributed by atoms with Crippen molar-refractivity contribution in [2.24, 2.45) is 0 Å². The minimum absolute atomic E-state index is 0.226. The van der Waals surface area contributed by atoms with Gasteiger partial charge in [0.25, 0.3) is 10.0 Å². The molecule has 2 rings (SSSR count). The van der Waals surface area contributed by atoms with Crippen LogP contribution in [0.2, 0.25) is 4.34 Å². The molecule has 78 valence electrons. The number of nitrogens with zero attached hydrogens (tertiary/aromatic N) is 1. The Labute approximate surface area is 91.1 Å². The molecule has 0 unspecified atom stereocenters. The van der Waals surface area contributed by atoms with Gasteiger partial charge in [-0.05, 0) is 18.6 Å². The van der Waals surface area contributed by atoms with Crippen molar-refractivity contribution in [1.29, 1.82) is 0 Å². The second-order valence-electron chi connectivity index (χ2n) is 2.78. The summed E-state index contributed by atoms with van der Waals surface area (Å²) < 4.78 is 25.3. The molecule has 0 aromatic carbocycles. The Hall–Kier alpha value is -0.140. The molecule has 0 radical (unpaired) electrons. The van der Waals surface area contributed by atoms with Crippen LogP contribution >= 0.6 is 22.9 Å². The van der Waals surface area contributed by atoms with Crippen molar-refractivity contribution in [3.8, 4) is 0 Å². The molecule has 1 aliphatic rings. The summed E-state index contributed by atoms with van der Waals surface area (Å²) in [6.07, 6.45) is 0.734. The summed E-state index contributed by atoms with van der Waals surface area (Å²) in [5.41, 5.74) is 0. The van der Waals surface area contributed by atoms with Crippen LogP contribution in [0.3, 0.4) is 0 Å². The molecular weight excluding hydrogens is 246 g/mol. The molecule has 0 N–H and O–H groups in total. The topological polar surface area (TPSA) is 46.6 Å². The zero-order valence-electron chi connectivity index (χ0n) is 7.14. The average molecular weight is 254 g/mol. The fourth-order valence-corrected chi connectivity index (χ4v) is 4.03. The highest BCUT2D eigenvalue weighted by Crippen LogP contribution is 2.29. The lowest BCUT2D eigenvalue weighted by atomic mass is 10.5. The van der Waals surface area contributed by atoms with E-state index in [1.807, 2.05) is 0 Å². The van der Waals surface area contributed by atoms with Gasteiger partial charge in [0.1, 0.15) is 4.21 Å². The second-order valence-corrected chi connectivity index (χ2v) is 6.55. The maximum atomic E-state index is 11.8. The molecule has 1 aromatic rings. The fourth-order valence-electron chi connectivity index (χ4n) is 1.15. The molecule has 0 spiro atoms. The van der Waals surface area contributed by atoms with Gasteiger partial charge in [-0.2, -0.15) is 0 Å². The summed E-state index contributed by atoms with van der Waals surface area (Å²) >= 11 is 6.71. The summed E-state index contributed by atoms with van der Waals surface area (Å²) in [5.74, 6) is 0. The van der Waals surface area contributed by atoms with Crippen LogP contribution < -0.4 is 0 Å². The van der Waals surface area contributed by atoms with Crippen molar-refractivity contribution in [1.82, 2.24) is 4.47 Å². The zero-order valence-corrected chi connectivity index (χ0v) is 9.53. The highest BCUT2D eigenvalue weighted by atomic mass is 35.5. The van der Waals surface area contributed by atoms with Crippen LogP contribution in [-0.2, 0) is 14.9 Å². The molecule has 0 atom stereocenters. The summed E-state index contributed by atoms with van der Waals surface area (Å²) in [7, 11) is -3.47. The number of rotatable bonds is 2. The lowest BCUT2D eigenvalue weighted by molar-refractivity contribution is -0.0282. The Morgan fingerprint density at radius 1 is 1.50 bits per heavy atom. The van der Waals surface area contributed by atoms with E-state index in [0.29, 0.717) is 17.5 Å². The molecule has 0 aliphatic carbocycles. The van der Waals surface area contributed by atoms with E-state index in [1.54, 1.807) is 6.07 Å². The molecule has 0 saturated carbocycles. The van der Waals surface area contributed by atoms with Crippen LogP contribution in [0, 0.1) is 0 Å². The van der Waals surface area contributed by atoms with Gasteiger partial charge in [0.2, 0.25) is 0 Å². The predicted molar refractivity (Wildman–Crippen MR) is 53.8 cm³/mol. The van der Waals surface area contributed by atoms with Crippen LogP contribution in [0.4, 0.5) is 0 Å². The van der Waals surface area contributed by atoms with E-state index in [9.17, 15) is 8.42 Å². The van der Waals surface area contributed by atoms with Gasteiger partial charge in [-0.25, -0.2) is 8.42 Å². The Morgan fingerprint density at radius 3 is 2.79 bits per heavy atom. The highest BCUT2D eigenvalue weighted by molar-refractivity contribution is 7.91. The van der Waals surface area contributed by atoms with Gasteiger partial charge in [-0.15, -0.1) is 11.3 Å². The van der Waals surface area contributed by atoms with E-state index in [0.717, 1.165) is 22.2 Å². The SMILES string of the molecule is O=S(=O)(c1ccc(Cl)s1)N1CCCO1. The second kappa shape index (κ2) is 3.79. The lowest BCUT2D eigenvalue weighted by Crippen LogP contribution is -2.25. The molecule has 1 fully saturated rings. The minimum atomic E-state index is -3.47. The maximum absolute atomic E-state index is 11.8. The number of hydrogen-bond acceptors (Lipinski definition) is 4. The van der Waals surface area contributed by atoms with Crippen molar-refractivity contribution >= 4 is 33.0 Å². The third kappa shape index (κ3) is 1.80. The zero-order chi connectivity index (χ0) is 10.2. The van der Waals surface area contributed by atoms with Crippen LogP contribution in [0.25, 0.3) is 0 Å². The summed E-state index contributed by atoms with van der Waals surface area (Å²) in [6.45, 7) is 0.871. The number of hydrogen-bond donors (Lipinski definition) is 0. The van der Waals surface area contributed by atoms with E-state index in [2.05, 4.69) is 0 Å². The molecule has 2 heterocycles. The van der Waals surface area contributed by atoms with Crippen molar-refractivity contribution in [2.75, 3.05) is 13.2 Å². The number of halogens is 1. The Balaban J connectivity index is 2.32. The van der Waals surface area contributed by atoms with Crippen LogP contribution in [0.5, 0.6) is 0 Å². The molecule has 1 saturated heterocycles. The van der Waals surface area contributed by atoms with Gasteiger partial charge >= 0.3 is 0 Å². The smallest absolute Gasteiger partial charge is 0.274 e. The van der Waals surface area contributed by atoms with Gasteiger partial charge in [-0.1, -0.05) is 16.1 Å². The Bertz CT molecular complexity index is 422. The van der Waals surface area contributed by atoms with Gasteiger partial charge in [0.15, 0.2) is 0 Å². The van der Waals surface area contributed by atoms with Gasteiger partial charge < -0.3 is 0 Å². The predicted octanol–water partition coefficient (Wildman–Crippen LogP) is 1.73. The van der Waals surface area contributed by atoms with Crippen molar-refractivity contribution in [3.63, 3.8) is 0 Å². The Morgan fingerprint density at radius 2 is 2.29 bits per heavy atom. The maximum Gasteiger partial charge on any atom is 0.274 e. The first-order valence-electron chi connectivity index (χ1n) is 4.02. The standard InChI is InChI=1S/C7H8ClNO3S2/c8-6-2-3-7(13-6)14(10,11)9-4-1-5-12-9/h2-3H,1,4-5H2. The molecule has 14 heavy (non-hydrogen) atoms. The van der Waals surface area contributed by atoms with E-state index in [4.69, 9.17) is 16.4 Å². The van der Waals surface area contributed by atoms with Gasteiger partial charge in [0.05, 0.1) is 10.9 Å². The van der Waals surface area contributed by atoms with Crippen LogP contribution in [0.15, 0.2) is 16.3 Å². The lowest BCUT2D eigenvalue weighted by Gasteiger charge is -2.11. The number of thiophene rings is 1. The molecule has 4 nitrogen and oxygen atoms in total. The minimum Gasteiger partial charge on any atom is -0.284 e. The third-order valence-corrected chi connectivity index (χ3v) is 5.17. The van der Waals surface area contributed by atoms with E-state index in [1.165, 1.54) is 6.07 Å². The fraction of sp³-hybridized carbons (Fsp3) is 0.429. The number of hydroxylamine groups is 1. The molecule has 7 heteroatoms.